The van der Waals surface area contributed by atoms with Gasteiger partial charge in [0.25, 0.3) is 0 Å². The highest BCUT2D eigenvalue weighted by molar-refractivity contribution is 7.80. The number of H-pyrrole nitrogens is 1. The lowest BCUT2D eigenvalue weighted by Gasteiger charge is -2.14. The number of aryl methyl sites for hydroxylation is 1. The van der Waals surface area contributed by atoms with Crippen LogP contribution in [0.2, 0.25) is 0 Å². The van der Waals surface area contributed by atoms with Gasteiger partial charge in [-0.05, 0) is 25.0 Å². The van der Waals surface area contributed by atoms with Crippen molar-refractivity contribution in [3.63, 3.8) is 0 Å². The molecule has 1 aliphatic heterocycles. The van der Waals surface area contributed by atoms with Crippen LogP contribution in [-0.4, -0.2) is 28.4 Å². The lowest BCUT2D eigenvalue weighted by Crippen LogP contribution is -2.25. The molecular weight excluding hydrogens is 222 g/mol. The number of hydrogen-bond donors (Lipinski definition) is 2. The summed E-state index contributed by atoms with van der Waals surface area (Å²) in [6.07, 6.45) is 1.51. The molecule has 1 aromatic rings. The number of aromatic amines is 1. The van der Waals surface area contributed by atoms with Crippen LogP contribution in [0.3, 0.4) is 0 Å². The maximum Gasteiger partial charge on any atom is 0.228 e. The number of rotatable bonds is 3. The maximum absolute atomic E-state index is 11.8. The van der Waals surface area contributed by atoms with Crippen molar-refractivity contribution in [1.82, 2.24) is 10.2 Å². The van der Waals surface area contributed by atoms with Crippen LogP contribution in [0.1, 0.15) is 24.6 Å². The van der Waals surface area contributed by atoms with E-state index in [0.29, 0.717) is 12.3 Å². The third kappa shape index (κ3) is 1.84. The Balaban J connectivity index is 2.24. The van der Waals surface area contributed by atoms with Gasteiger partial charge in [0.1, 0.15) is 0 Å². The van der Waals surface area contributed by atoms with Crippen molar-refractivity contribution < 1.29 is 4.79 Å². The molecule has 5 heteroatoms. The van der Waals surface area contributed by atoms with E-state index in [2.05, 4.69) is 29.7 Å². The smallest absolute Gasteiger partial charge is 0.228 e. The van der Waals surface area contributed by atoms with E-state index in [4.69, 9.17) is 0 Å². The van der Waals surface area contributed by atoms with Gasteiger partial charge < -0.3 is 0 Å². The first-order valence-corrected chi connectivity index (χ1v) is 6.25. The minimum Gasteiger partial charge on any atom is -0.295 e. The van der Waals surface area contributed by atoms with Gasteiger partial charge in [-0.3, -0.25) is 14.8 Å². The molecule has 0 radical (unpaired) electrons. The van der Waals surface area contributed by atoms with Crippen LogP contribution in [0.4, 0.5) is 5.82 Å². The normalized spacial score (nSPS) is 20.8. The Morgan fingerprint density at radius 1 is 1.62 bits per heavy atom. The summed E-state index contributed by atoms with van der Waals surface area (Å²) in [6.45, 7) is 4.84. The van der Waals surface area contributed by atoms with Gasteiger partial charge in [0, 0.05) is 24.2 Å². The number of carbonyl (C=O) groups excluding carboxylic acids is 1. The summed E-state index contributed by atoms with van der Waals surface area (Å²) in [5.74, 6) is 2.08. The van der Waals surface area contributed by atoms with E-state index >= 15 is 0 Å². The summed E-state index contributed by atoms with van der Waals surface area (Å²) >= 11 is 4.25. The first-order valence-electron chi connectivity index (χ1n) is 5.62. The fourth-order valence-electron chi connectivity index (χ4n) is 2.14. The van der Waals surface area contributed by atoms with Crippen molar-refractivity contribution in [2.24, 2.45) is 5.92 Å². The molecule has 1 fully saturated rings. The van der Waals surface area contributed by atoms with E-state index in [-0.39, 0.29) is 5.91 Å². The van der Waals surface area contributed by atoms with Crippen LogP contribution in [-0.2, 0) is 11.2 Å². The molecule has 0 aliphatic carbocycles. The van der Waals surface area contributed by atoms with Crippen molar-refractivity contribution in [2.75, 3.05) is 17.2 Å². The molecule has 1 N–H and O–H groups in total. The van der Waals surface area contributed by atoms with E-state index in [1.165, 1.54) is 0 Å². The molecule has 1 aliphatic rings. The van der Waals surface area contributed by atoms with Gasteiger partial charge >= 0.3 is 0 Å². The average Bonchev–Trinajstić information content (AvgIpc) is 2.81. The average molecular weight is 239 g/mol. The Kier molecular flexibility index (Phi) is 3.23. The zero-order valence-electron chi connectivity index (χ0n) is 9.66. The number of hydrogen-bond acceptors (Lipinski definition) is 3. The monoisotopic (exact) mass is 239 g/mol. The molecule has 0 saturated carbocycles. The molecule has 0 bridgehead atoms. The second kappa shape index (κ2) is 4.49. The largest absolute Gasteiger partial charge is 0.295 e. The lowest BCUT2D eigenvalue weighted by molar-refractivity contribution is -0.117. The quantitative estimate of drug-likeness (QED) is 0.787. The highest BCUT2D eigenvalue weighted by atomic mass is 32.1. The molecule has 16 heavy (non-hydrogen) atoms. The summed E-state index contributed by atoms with van der Waals surface area (Å²) in [7, 11) is 0. The zero-order chi connectivity index (χ0) is 11.7. The number of thiol groups is 1. The maximum atomic E-state index is 11.8. The molecule has 2 heterocycles. The molecule has 1 aromatic heterocycles. The van der Waals surface area contributed by atoms with Gasteiger partial charge in [-0.1, -0.05) is 6.92 Å². The molecule has 1 atom stereocenters. The number of aromatic nitrogens is 2. The summed E-state index contributed by atoms with van der Waals surface area (Å²) in [5.41, 5.74) is 2.20. The van der Waals surface area contributed by atoms with Crippen molar-refractivity contribution in [3.05, 3.63) is 11.3 Å². The van der Waals surface area contributed by atoms with E-state index in [1.807, 2.05) is 6.92 Å². The number of anilines is 1. The first-order chi connectivity index (χ1) is 7.67. The predicted molar refractivity (Wildman–Crippen MR) is 67.0 cm³/mol. The van der Waals surface area contributed by atoms with Crippen LogP contribution in [0, 0.1) is 12.8 Å². The van der Waals surface area contributed by atoms with Gasteiger partial charge in [0.05, 0.1) is 0 Å². The molecule has 0 aromatic carbocycles. The topological polar surface area (TPSA) is 49.0 Å². The van der Waals surface area contributed by atoms with Crippen LogP contribution in [0.5, 0.6) is 0 Å². The third-order valence-corrected chi connectivity index (χ3v) is 3.67. The molecule has 1 amide bonds. The van der Waals surface area contributed by atoms with Gasteiger partial charge in [-0.15, -0.1) is 0 Å². The van der Waals surface area contributed by atoms with Crippen molar-refractivity contribution in [1.29, 1.82) is 0 Å². The van der Waals surface area contributed by atoms with Crippen LogP contribution in [0.15, 0.2) is 0 Å². The Morgan fingerprint density at radius 3 is 2.88 bits per heavy atom. The Morgan fingerprint density at radius 2 is 2.38 bits per heavy atom. The molecule has 1 unspecified atom stereocenters. The fourth-order valence-corrected chi connectivity index (χ4v) is 2.38. The number of nitrogens with one attached hydrogen (secondary N) is 1. The van der Waals surface area contributed by atoms with Crippen LogP contribution < -0.4 is 4.90 Å². The molecule has 2 rings (SSSR count). The van der Waals surface area contributed by atoms with Gasteiger partial charge in [-0.2, -0.15) is 17.7 Å². The zero-order valence-corrected chi connectivity index (χ0v) is 10.6. The van der Waals surface area contributed by atoms with Gasteiger partial charge in [-0.25, -0.2) is 0 Å². The van der Waals surface area contributed by atoms with Crippen molar-refractivity contribution in [2.45, 2.75) is 26.7 Å². The number of nitrogens with zero attached hydrogens (tertiary/aromatic N) is 2. The van der Waals surface area contributed by atoms with Crippen LogP contribution >= 0.6 is 12.6 Å². The van der Waals surface area contributed by atoms with E-state index in [9.17, 15) is 4.79 Å². The van der Waals surface area contributed by atoms with E-state index in [1.54, 1.807) is 4.90 Å². The summed E-state index contributed by atoms with van der Waals surface area (Å²) < 4.78 is 0. The summed E-state index contributed by atoms with van der Waals surface area (Å²) in [4.78, 5) is 13.6. The van der Waals surface area contributed by atoms with E-state index in [0.717, 1.165) is 35.8 Å². The summed E-state index contributed by atoms with van der Waals surface area (Å²) in [5, 5.41) is 7.23. The van der Waals surface area contributed by atoms with E-state index < -0.39 is 0 Å². The first kappa shape index (κ1) is 11.5. The van der Waals surface area contributed by atoms with Gasteiger partial charge in [0.2, 0.25) is 5.91 Å². The fraction of sp³-hybridized carbons (Fsp3) is 0.636. The standard InChI is InChI=1S/C11H17N3OS/c1-3-9-7(2)11(13-12-9)14-5-8(6-16)4-10(14)15/h8,16H,3-6H2,1-2H3,(H,12,13). The minimum absolute atomic E-state index is 0.163. The Bertz CT molecular complexity index is 402. The lowest BCUT2D eigenvalue weighted by atomic mass is 10.1. The molecule has 88 valence electrons. The van der Waals surface area contributed by atoms with Gasteiger partial charge in [0.15, 0.2) is 5.82 Å². The number of amides is 1. The Hall–Kier alpha value is -0.970. The minimum atomic E-state index is 0.163. The second-order valence-electron chi connectivity index (χ2n) is 4.26. The van der Waals surface area contributed by atoms with Crippen molar-refractivity contribution >= 4 is 24.4 Å². The SMILES string of the molecule is CCc1[nH]nc(N2CC(CS)CC2=O)c1C. The highest BCUT2D eigenvalue weighted by Gasteiger charge is 2.32. The molecule has 1 saturated heterocycles. The summed E-state index contributed by atoms with van der Waals surface area (Å²) in [6, 6.07) is 0. The van der Waals surface area contributed by atoms with Crippen LogP contribution in [0.25, 0.3) is 0 Å². The number of carbonyl (C=O) groups is 1. The third-order valence-electron chi connectivity index (χ3n) is 3.16. The molecule has 4 nitrogen and oxygen atoms in total. The Labute approximate surface area is 101 Å². The highest BCUT2D eigenvalue weighted by Crippen LogP contribution is 2.27. The predicted octanol–water partition coefficient (Wildman–Crippen LogP) is 1.56. The molecule has 0 spiro atoms. The molecular formula is C11H17N3OS. The van der Waals surface area contributed by atoms with Crippen molar-refractivity contribution in [3.8, 4) is 0 Å². The second-order valence-corrected chi connectivity index (χ2v) is 4.63.